The van der Waals surface area contributed by atoms with Gasteiger partial charge in [0.1, 0.15) is 11.9 Å². The van der Waals surface area contributed by atoms with E-state index < -0.39 is 11.5 Å². The molecule has 2 aromatic carbocycles. The average Bonchev–Trinajstić information content (AvgIpc) is 3.43. The number of rotatable bonds is 5. The summed E-state index contributed by atoms with van der Waals surface area (Å²) in [4.78, 5) is 29.5. The van der Waals surface area contributed by atoms with Crippen LogP contribution < -0.4 is 15.3 Å². The van der Waals surface area contributed by atoms with Crippen molar-refractivity contribution in [2.45, 2.75) is 19.8 Å². The minimum atomic E-state index is -0.530. The largest absolute Gasteiger partial charge is 0.437 e. The molecule has 0 aliphatic carbocycles. The van der Waals surface area contributed by atoms with E-state index in [0.717, 1.165) is 29.9 Å². The van der Waals surface area contributed by atoms with Crippen molar-refractivity contribution >= 4 is 22.3 Å². The van der Waals surface area contributed by atoms with Gasteiger partial charge in [-0.3, -0.25) is 4.98 Å². The number of pyridine rings is 1. The third-order valence-electron chi connectivity index (χ3n) is 7.24. The van der Waals surface area contributed by atoms with Crippen LogP contribution in [0.3, 0.4) is 0 Å². The van der Waals surface area contributed by atoms with Crippen molar-refractivity contribution in [1.29, 1.82) is 0 Å². The minimum absolute atomic E-state index is 0.383. The summed E-state index contributed by atoms with van der Waals surface area (Å²) in [7, 11) is 0. The quantitative estimate of drug-likeness (QED) is 0.280. The van der Waals surface area contributed by atoms with Gasteiger partial charge in [0.15, 0.2) is 17.2 Å². The molecule has 5 heterocycles. The smallest absolute Gasteiger partial charge is 0.344 e. The van der Waals surface area contributed by atoms with Crippen LogP contribution in [0, 0.1) is 0 Å². The van der Waals surface area contributed by atoms with Gasteiger partial charge in [-0.25, -0.2) is 19.3 Å². The summed E-state index contributed by atoms with van der Waals surface area (Å²) in [6.45, 7) is 6.06. The third kappa shape index (κ3) is 3.65. The van der Waals surface area contributed by atoms with E-state index in [1.807, 2.05) is 42.5 Å². The summed E-state index contributed by atoms with van der Waals surface area (Å²) in [5.41, 5.74) is 4.42. The maximum atomic E-state index is 13.6. The Balaban J connectivity index is 1.50. The molecule has 4 aromatic heterocycles. The van der Waals surface area contributed by atoms with E-state index in [0.29, 0.717) is 45.2 Å². The lowest BCUT2D eigenvalue weighted by atomic mass is 9.84. The van der Waals surface area contributed by atoms with Crippen LogP contribution in [0.15, 0.2) is 88.6 Å². The molecule has 0 N–H and O–H groups in total. The van der Waals surface area contributed by atoms with Crippen molar-refractivity contribution in [1.82, 2.24) is 24.6 Å². The van der Waals surface area contributed by atoms with Crippen LogP contribution in [0.1, 0.15) is 36.5 Å². The molecule has 7 rings (SSSR count). The normalized spacial score (nSPS) is 14.2. The van der Waals surface area contributed by atoms with Gasteiger partial charge in [-0.2, -0.15) is 0 Å². The Hall–Kier alpha value is -5.05. The predicted molar refractivity (Wildman–Crippen MR) is 148 cm³/mol. The molecule has 9 nitrogen and oxygen atoms in total. The lowest BCUT2D eigenvalue weighted by molar-refractivity contribution is 0.422. The molecule has 0 saturated heterocycles. The van der Waals surface area contributed by atoms with E-state index in [1.165, 1.54) is 0 Å². The number of anilines is 1. The Morgan fingerprint density at radius 3 is 2.56 bits per heavy atom. The molecule has 1 atom stereocenters. The summed E-state index contributed by atoms with van der Waals surface area (Å²) in [6, 6.07) is 19.4. The van der Waals surface area contributed by atoms with Gasteiger partial charge < -0.3 is 14.1 Å². The molecular weight excluding hydrogens is 492 g/mol. The van der Waals surface area contributed by atoms with Crippen LogP contribution >= 0.6 is 0 Å². The Morgan fingerprint density at radius 2 is 1.79 bits per heavy atom. The van der Waals surface area contributed by atoms with E-state index in [2.05, 4.69) is 45.9 Å². The highest BCUT2D eigenvalue weighted by atomic mass is 16.5. The highest BCUT2D eigenvalue weighted by Crippen LogP contribution is 2.49. The summed E-state index contributed by atoms with van der Waals surface area (Å²) >= 11 is 0. The first kappa shape index (κ1) is 23.1. The summed E-state index contributed by atoms with van der Waals surface area (Å²) in [5.74, 6) is 0.813. The molecule has 0 bridgehead atoms. The Bertz CT molecular complexity index is 1890. The first-order chi connectivity index (χ1) is 19.2. The number of ether oxygens (including phenoxy) is 1. The van der Waals surface area contributed by atoms with Crippen molar-refractivity contribution < 1.29 is 9.15 Å². The number of fused-ring (bicyclic) bond motifs is 6. The van der Waals surface area contributed by atoms with Crippen molar-refractivity contribution in [2.75, 3.05) is 18.0 Å². The summed E-state index contributed by atoms with van der Waals surface area (Å²) < 4.78 is 13.8. The Morgan fingerprint density at radius 1 is 0.974 bits per heavy atom. The summed E-state index contributed by atoms with van der Waals surface area (Å²) in [6.07, 6.45) is 5.00. The fourth-order valence-electron chi connectivity index (χ4n) is 5.35. The van der Waals surface area contributed by atoms with E-state index in [-0.39, 0.29) is 0 Å². The van der Waals surface area contributed by atoms with E-state index in [1.54, 1.807) is 29.3 Å². The van der Waals surface area contributed by atoms with Gasteiger partial charge >= 0.3 is 5.63 Å². The zero-order valence-electron chi connectivity index (χ0n) is 21.4. The number of benzene rings is 2. The molecule has 6 aromatic rings. The van der Waals surface area contributed by atoms with Crippen molar-refractivity contribution in [3.05, 3.63) is 106 Å². The van der Waals surface area contributed by atoms with E-state index >= 15 is 0 Å². The van der Waals surface area contributed by atoms with Gasteiger partial charge in [0.2, 0.25) is 5.88 Å². The first-order valence-electron chi connectivity index (χ1n) is 12.9. The van der Waals surface area contributed by atoms with Gasteiger partial charge in [-0.15, -0.1) is 5.10 Å². The molecule has 0 amide bonds. The molecule has 39 heavy (non-hydrogen) atoms. The van der Waals surface area contributed by atoms with Crippen LogP contribution in [0.4, 0.5) is 5.69 Å². The molecule has 0 radical (unpaired) electrons. The lowest BCUT2D eigenvalue weighted by Gasteiger charge is -2.28. The van der Waals surface area contributed by atoms with Crippen LogP contribution in [0.25, 0.3) is 28.0 Å². The second-order valence-corrected chi connectivity index (χ2v) is 9.34. The van der Waals surface area contributed by atoms with Crippen LogP contribution in [-0.2, 0) is 0 Å². The maximum absolute atomic E-state index is 13.6. The van der Waals surface area contributed by atoms with Crippen molar-refractivity contribution in [2.24, 2.45) is 0 Å². The fraction of sp³-hybridized carbons (Fsp3) is 0.167. The van der Waals surface area contributed by atoms with Crippen molar-refractivity contribution in [3.63, 3.8) is 0 Å². The molecule has 1 aliphatic rings. The highest BCUT2D eigenvalue weighted by molar-refractivity contribution is 5.87. The van der Waals surface area contributed by atoms with Crippen LogP contribution in [0.2, 0.25) is 0 Å². The molecule has 192 valence electrons. The zero-order valence-corrected chi connectivity index (χ0v) is 21.4. The van der Waals surface area contributed by atoms with E-state index in [4.69, 9.17) is 14.1 Å². The number of hydrogen-bond donors (Lipinski definition) is 0. The fourth-order valence-corrected chi connectivity index (χ4v) is 5.35. The minimum Gasteiger partial charge on any atom is -0.437 e. The van der Waals surface area contributed by atoms with E-state index in [9.17, 15) is 4.79 Å². The van der Waals surface area contributed by atoms with Gasteiger partial charge in [0.25, 0.3) is 0 Å². The molecular formula is C30H24N6O3. The zero-order chi connectivity index (χ0) is 26.5. The monoisotopic (exact) mass is 516 g/mol. The standard InChI is InChI=1S/C30H24N6O3/c1-3-35(4-2)20-13-11-18(12-14-20)23-24-26(21-9-5-6-10-22(21)38-30(24)37)39-29-25(23)28-33-27(34-36(28)17-32-29)19-8-7-15-31-16-19/h5-17,23H,3-4H2,1-2H3. The van der Waals surface area contributed by atoms with Crippen LogP contribution in [-0.4, -0.2) is 37.7 Å². The number of hydrogen-bond acceptors (Lipinski definition) is 8. The second kappa shape index (κ2) is 9.05. The number of para-hydroxylation sites is 1. The van der Waals surface area contributed by atoms with Gasteiger partial charge in [-0.1, -0.05) is 24.3 Å². The molecule has 9 heteroatoms. The van der Waals surface area contributed by atoms with Gasteiger partial charge in [-0.05, 0) is 55.8 Å². The maximum Gasteiger partial charge on any atom is 0.344 e. The molecule has 1 unspecified atom stereocenters. The lowest BCUT2D eigenvalue weighted by Crippen LogP contribution is -2.23. The highest BCUT2D eigenvalue weighted by Gasteiger charge is 2.37. The SMILES string of the molecule is CCN(CC)c1ccc(C2c3c(c4ccccc4oc3=O)Oc3ncn4nc(-c5cccnc5)nc4c32)cc1. The second-order valence-electron chi connectivity index (χ2n) is 9.34. The number of nitrogens with zero attached hydrogens (tertiary/aromatic N) is 6. The predicted octanol–water partition coefficient (Wildman–Crippen LogP) is 5.42. The van der Waals surface area contributed by atoms with Crippen LogP contribution in [0.5, 0.6) is 11.6 Å². The van der Waals surface area contributed by atoms with Gasteiger partial charge in [0, 0.05) is 36.7 Å². The Labute approximate surface area is 223 Å². The van der Waals surface area contributed by atoms with Crippen molar-refractivity contribution in [3.8, 4) is 23.0 Å². The molecule has 0 spiro atoms. The number of aromatic nitrogens is 5. The first-order valence-corrected chi connectivity index (χ1v) is 12.9. The summed E-state index contributed by atoms with van der Waals surface area (Å²) in [5, 5.41) is 5.36. The topological polar surface area (TPSA) is 98.7 Å². The van der Waals surface area contributed by atoms with Gasteiger partial charge in [0.05, 0.1) is 22.4 Å². The molecule has 0 saturated carbocycles. The third-order valence-corrected chi connectivity index (χ3v) is 7.24. The Kier molecular flexibility index (Phi) is 5.36. The average molecular weight is 517 g/mol. The molecule has 1 aliphatic heterocycles. The molecule has 0 fully saturated rings.